The van der Waals surface area contributed by atoms with Crippen molar-refractivity contribution in [3.05, 3.63) is 41.8 Å². The standard InChI is InChI=1S/C10H9FN4O/c1-15-12-6-9(14-15)13-10(16)7-2-4-8(11)5-3-7/h2-6H,1H3,(H,13,14,16). The zero-order valence-electron chi connectivity index (χ0n) is 8.51. The zero-order chi connectivity index (χ0) is 11.5. The van der Waals surface area contributed by atoms with Gasteiger partial charge in [0.25, 0.3) is 5.91 Å². The average molecular weight is 220 g/mol. The maximum atomic E-state index is 12.6. The monoisotopic (exact) mass is 220 g/mol. The van der Waals surface area contributed by atoms with Crippen molar-refractivity contribution in [3.8, 4) is 0 Å². The summed E-state index contributed by atoms with van der Waals surface area (Å²) in [7, 11) is 1.65. The molecule has 0 radical (unpaired) electrons. The van der Waals surface area contributed by atoms with Crippen LogP contribution in [0.1, 0.15) is 10.4 Å². The average Bonchev–Trinajstić information content (AvgIpc) is 2.65. The summed E-state index contributed by atoms with van der Waals surface area (Å²) >= 11 is 0. The molecule has 0 aliphatic rings. The van der Waals surface area contributed by atoms with E-state index in [4.69, 9.17) is 0 Å². The molecule has 0 aliphatic heterocycles. The number of anilines is 1. The van der Waals surface area contributed by atoms with Crippen LogP contribution in [0.3, 0.4) is 0 Å². The van der Waals surface area contributed by atoms with E-state index in [1.54, 1.807) is 7.05 Å². The number of carbonyl (C=O) groups excluding carboxylic acids is 1. The van der Waals surface area contributed by atoms with Crippen LogP contribution in [0.15, 0.2) is 30.5 Å². The van der Waals surface area contributed by atoms with Gasteiger partial charge in [-0.3, -0.25) is 4.79 Å². The van der Waals surface area contributed by atoms with E-state index in [2.05, 4.69) is 15.5 Å². The van der Waals surface area contributed by atoms with Crippen molar-refractivity contribution >= 4 is 11.7 Å². The van der Waals surface area contributed by atoms with Crippen LogP contribution in [0.25, 0.3) is 0 Å². The van der Waals surface area contributed by atoms with E-state index >= 15 is 0 Å². The Kier molecular flexibility index (Phi) is 2.63. The second-order valence-electron chi connectivity index (χ2n) is 3.18. The summed E-state index contributed by atoms with van der Waals surface area (Å²) in [6.07, 6.45) is 1.43. The highest BCUT2D eigenvalue weighted by Gasteiger charge is 2.07. The summed E-state index contributed by atoms with van der Waals surface area (Å²) in [5, 5.41) is 10.2. The van der Waals surface area contributed by atoms with E-state index in [0.29, 0.717) is 11.4 Å². The fraction of sp³-hybridized carbons (Fsp3) is 0.100. The number of nitrogens with one attached hydrogen (secondary N) is 1. The molecular formula is C10H9FN4O. The molecule has 0 atom stereocenters. The highest BCUT2D eigenvalue weighted by Crippen LogP contribution is 2.06. The minimum absolute atomic E-state index is 0.347. The van der Waals surface area contributed by atoms with Gasteiger partial charge in [0.05, 0.1) is 6.20 Å². The van der Waals surface area contributed by atoms with E-state index in [-0.39, 0.29) is 11.7 Å². The molecule has 16 heavy (non-hydrogen) atoms. The molecule has 1 aromatic heterocycles. The minimum Gasteiger partial charge on any atom is -0.304 e. The fourth-order valence-corrected chi connectivity index (χ4v) is 1.19. The molecule has 1 N–H and O–H groups in total. The number of hydrogen-bond donors (Lipinski definition) is 1. The summed E-state index contributed by atoms with van der Waals surface area (Å²) in [6, 6.07) is 5.26. The summed E-state index contributed by atoms with van der Waals surface area (Å²) in [5.74, 6) is -0.367. The number of rotatable bonds is 2. The molecule has 0 saturated heterocycles. The van der Waals surface area contributed by atoms with Crippen molar-refractivity contribution in [2.45, 2.75) is 0 Å². The molecule has 1 heterocycles. The molecule has 82 valence electrons. The second-order valence-corrected chi connectivity index (χ2v) is 3.18. The first-order valence-corrected chi connectivity index (χ1v) is 4.58. The lowest BCUT2D eigenvalue weighted by Gasteiger charge is -2.00. The Balaban J connectivity index is 2.11. The quantitative estimate of drug-likeness (QED) is 0.827. The van der Waals surface area contributed by atoms with Gasteiger partial charge in [0, 0.05) is 12.6 Å². The van der Waals surface area contributed by atoms with E-state index < -0.39 is 0 Å². The largest absolute Gasteiger partial charge is 0.304 e. The maximum absolute atomic E-state index is 12.6. The summed E-state index contributed by atoms with van der Waals surface area (Å²) in [4.78, 5) is 13.0. The van der Waals surface area contributed by atoms with E-state index in [0.717, 1.165) is 0 Å². The van der Waals surface area contributed by atoms with Crippen molar-refractivity contribution in [1.29, 1.82) is 0 Å². The van der Waals surface area contributed by atoms with Gasteiger partial charge in [0.1, 0.15) is 5.82 Å². The van der Waals surface area contributed by atoms with Crippen LogP contribution >= 0.6 is 0 Å². The Morgan fingerprint density at radius 3 is 2.62 bits per heavy atom. The van der Waals surface area contributed by atoms with Crippen molar-refractivity contribution in [1.82, 2.24) is 15.0 Å². The third-order valence-corrected chi connectivity index (χ3v) is 1.95. The Morgan fingerprint density at radius 2 is 2.06 bits per heavy atom. The molecule has 6 heteroatoms. The molecule has 2 aromatic rings. The topological polar surface area (TPSA) is 59.8 Å². The highest BCUT2D eigenvalue weighted by atomic mass is 19.1. The van der Waals surface area contributed by atoms with Crippen molar-refractivity contribution in [2.24, 2.45) is 7.05 Å². The predicted octanol–water partition coefficient (Wildman–Crippen LogP) is 1.21. The molecule has 0 saturated carbocycles. The number of aryl methyl sites for hydroxylation is 1. The lowest BCUT2D eigenvalue weighted by atomic mass is 10.2. The van der Waals surface area contributed by atoms with E-state index in [1.807, 2.05) is 0 Å². The SMILES string of the molecule is Cn1ncc(NC(=O)c2ccc(F)cc2)n1. The molecule has 2 rings (SSSR count). The smallest absolute Gasteiger partial charge is 0.256 e. The first-order chi connectivity index (χ1) is 7.65. The maximum Gasteiger partial charge on any atom is 0.256 e. The number of hydrogen-bond acceptors (Lipinski definition) is 3. The van der Waals surface area contributed by atoms with Gasteiger partial charge in [0.2, 0.25) is 0 Å². The number of halogens is 1. The van der Waals surface area contributed by atoms with Gasteiger partial charge in [-0.15, -0.1) is 5.10 Å². The minimum atomic E-state index is -0.379. The van der Waals surface area contributed by atoms with Crippen molar-refractivity contribution in [3.63, 3.8) is 0 Å². The Morgan fingerprint density at radius 1 is 1.38 bits per heavy atom. The van der Waals surface area contributed by atoms with Crippen LogP contribution in [0.4, 0.5) is 10.2 Å². The number of nitrogens with zero attached hydrogens (tertiary/aromatic N) is 3. The van der Waals surface area contributed by atoms with Crippen molar-refractivity contribution < 1.29 is 9.18 Å². The number of amides is 1. The molecule has 1 aromatic carbocycles. The van der Waals surface area contributed by atoms with Gasteiger partial charge >= 0.3 is 0 Å². The number of benzene rings is 1. The van der Waals surface area contributed by atoms with Crippen LogP contribution in [-0.2, 0) is 7.05 Å². The van der Waals surface area contributed by atoms with Crippen LogP contribution in [0.5, 0.6) is 0 Å². The van der Waals surface area contributed by atoms with Crippen LogP contribution in [0, 0.1) is 5.82 Å². The number of carbonyl (C=O) groups is 1. The molecule has 1 amide bonds. The van der Waals surface area contributed by atoms with Crippen LogP contribution in [0.2, 0.25) is 0 Å². The third-order valence-electron chi connectivity index (χ3n) is 1.95. The molecule has 0 spiro atoms. The number of aromatic nitrogens is 3. The molecule has 0 fully saturated rings. The molecular weight excluding hydrogens is 211 g/mol. The van der Waals surface area contributed by atoms with Gasteiger partial charge in [-0.25, -0.2) is 4.39 Å². The first-order valence-electron chi connectivity index (χ1n) is 4.58. The van der Waals surface area contributed by atoms with Gasteiger partial charge in [-0.05, 0) is 24.3 Å². The normalized spacial score (nSPS) is 10.1. The van der Waals surface area contributed by atoms with Crippen LogP contribution < -0.4 is 5.32 Å². The highest BCUT2D eigenvalue weighted by molar-refractivity contribution is 6.03. The van der Waals surface area contributed by atoms with Gasteiger partial charge < -0.3 is 5.32 Å². The fourth-order valence-electron chi connectivity index (χ4n) is 1.19. The Labute approximate surface area is 90.9 Å². The third kappa shape index (κ3) is 2.22. The molecule has 0 aliphatic carbocycles. The van der Waals surface area contributed by atoms with Crippen LogP contribution in [-0.4, -0.2) is 20.9 Å². The molecule has 5 nitrogen and oxygen atoms in total. The lowest BCUT2D eigenvalue weighted by Crippen LogP contribution is -2.12. The van der Waals surface area contributed by atoms with Gasteiger partial charge in [-0.1, -0.05) is 0 Å². The Hall–Kier alpha value is -2.24. The summed E-state index contributed by atoms with van der Waals surface area (Å²) in [5.41, 5.74) is 0.368. The van der Waals surface area contributed by atoms with Gasteiger partial charge in [0.15, 0.2) is 5.82 Å². The van der Waals surface area contributed by atoms with E-state index in [9.17, 15) is 9.18 Å². The van der Waals surface area contributed by atoms with E-state index in [1.165, 1.54) is 35.3 Å². The summed E-state index contributed by atoms with van der Waals surface area (Å²) in [6.45, 7) is 0. The lowest BCUT2D eigenvalue weighted by molar-refractivity contribution is 0.102. The summed E-state index contributed by atoms with van der Waals surface area (Å²) < 4.78 is 12.6. The Bertz CT molecular complexity index is 506. The molecule has 0 bridgehead atoms. The zero-order valence-corrected chi connectivity index (χ0v) is 8.51. The second kappa shape index (κ2) is 4.09. The molecule has 0 unspecified atom stereocenters. The predicted molar refractivity (Wildman–Crippen MR) is 55.4 cm³/mol. The van der Waals surface area contributed by atoms with Gasteiger partial charge in [-0.2, -0.15) is 9.90 Å². The first kappa shape index (κ1) is 10.3. The van der Waals surface area contributed by atoms with Crippen molar-refractivity contribution in [2.75, 3.05) is 5.32 Å².